The monoisotopic (exact) mass is 191 g/mol. The van der Waals surface area contributed by atoms with Crippen molar-refractivity contribution in [2.24, 2.45) is 0 Å². The van der Waals surface area contributed by atoms with E-state index in [-0.39, 0.29) is 0 Å². The van der Waals surface area contributed by atoms with E-state index in [1.807, 2.05) is 6.07 Å². The molecule has 0 saturated carbocycles. The molecule has 0 aromatic carbocycles. The lowest BCUT2D eigenvalue weighted by atomic mass is 10.2. The van der Waals surface area contributed by atoms with Crippen molar-refractivity contribution in [2.75, 3.05) is 13.3 Å². The molecule has 0 rings (SSSR count). The highest BCUT2D eigenvalue weighted by atomic mass is 31.2. The van der Waals surface area contributed by atoms with E-state index in [4.69, 9.17) is 14.3 Å². The standard InChI is InChI=1S/C7H14NO3P/c1-5-10-12(4,9)11-7(2,3)6-8/h5H2,1-4H3. The van der Waals surface area contributed by atoms with Crippen LogP contribution in [0.25, 0.3) is 0 Å². The van der Waals surface area contributed by atoms with E-state index in [0.717, 1.165) is 0 Å². The van der Waals surface area contributed by atoms with E-state index in [2.05, 4.69) is 0 Å². The van der Waals surface area contributed by atoms with Crippen molar-refractivity contribution in [1.29, 1.82) is 5.26 Å². The van der Waals surface area contributed by atoms with Gasteiger partial charge in [-0.05, 0) is 20.8 Å². The highest BCUT2D eigenvalue weighted by Gasteiger charge is 2.28. The van der Waals surface area contributed by atoms with Crippen molar-refractivity contribution in [3.8, 4) is 6.07 Å². The van der Waals surface area contributed by atoms with Gasteiger partial charge in [0.25, 0.3) is 0 Å². The molecule has 0 aromatic heterocycles. The third kappa shape index (κ3) is 4.50. The molecule has 0 radical (unpaired) electrons. The smallest absolute Gasteiger partial charge is 0.309 e. The van der Waals surface area contributed by atoms with Gasteiger partial charge in [0.15, 0.2) is 5.60 Å². The summed E-state index contributed by atoms with van der Waals surface area (Å²) in [5.74, 6) is 0. The average Bonchev–Trinajstić information content (AvgIpc) is 1.85. The van der Waals surface area contributed by atoms with Crippen LogP contribution >= 0.6 is 7.60 Å². The minimum atomic E-state index is -3.05. The van der Waals surface area contributed by atoms with Gasteiger partial charge in [-0.1, -0.05) is 0 Å². The van der Waals surface area contributed by atoms with Crippen molar-refractivity contribution in [3.05, 3.63) is 0 Å². The Bertz CT molecular complexity index is 231. The first kappa shape index (κ1) is 11.6. The summed E-state index contributed by atoms with van der Waals surface area (Å²) in [7, 11) is -3.05. The zero-order chi connectivity index (χ0) is 9.83. The van der Waals surface area contributed by atoms with Crippen LogP contribution in [-0.4, -0.2) is 18.9 Å². The zero-order valence-electron chi connectivity index (χ0n) is 7.83. The molecule has 0 N–H and O–H groups in total. The molecule has 0 amide bonds. The van der Waals surface area contributed by atoms with Gasteiger partial charge in [0.1, 0.15) is 0 Å². The van der Waals surface area contributed by atoms with E-state index in [1.54, 1.807) is 20.8 Å². The van der Waals surface area contributed by atoms with Crippen molar-refractivity contribution in [3.63, 3.8) is 0 Å². The van der Waals surface area contributed by atoms with E-state index in [1.165, 1.54) is 6.66 Å². The fourth-order valence-electron chi connectivity index (χ4n) is 0.696. The van der Waals surface area contributed by atoms with E-state index < -0.39 is 13.2 Å². The van der Waals surface area contributed by atoms with Gasteiger partial charge >= 0.3 is 7.60 Å². The third-order valence-corrected chi connectivity index (χ3v) is 2.54. The first-order chi connectivity index (χ1) is 5.33. The van der Waals surface area contributed by atoms with Gasteiger partial charge < -0.3 is 4.52 Å². The largest absolute Gasteiger partial charge is 0.329 e. The Hall–Kier alpha value is -0.360. The van der Waals surface area contributed by atoms with Gasteiger partial charge in [0.2, 0.25) is 0 Å². The van der Waals surface area contributed by atoms with E-state index in [9.17, 15) is 4.57 Å². The van der Waals surface area contributed by atoms with Gasteiger partial charge in [-0.15, -0.1) is 0 Å². The highest BCUT2D eigenvalue weighted by Crippen LogP contribution is 2.47. The van der Waals surface area contributed by atoms with Crippen LogP contribution in [0.15, 0.2) is 0 Å². The summed E-state index contributed by atoms with van der Waals surface area (Å²) in [6.07, 6.45) is 0. The number of nitriles is 1. The van der Waals surface area contributed by atoms with Crippen LogP contribution in [0.3, 0.4) is 0 Å². The van der Waals surface area contributed by atoms with Gasteiger partial charge in [0.05, 0.1) is 12.7 Å². The quantitative estimate of drug-likeness (QED) is 0.639. The summed E-state index contributed by atoms with van der Waals surface area (Å²) in [5.41, 5.74) is -1.06. The van der Waals surface area contributed by atoms with Gasteiger partial charge in [-0.3, -0.25) is 9.09 Å². The number of hydrogen-bond donors (Lipinski definition) is 0. The summed E-state index contributed by atoms with van der Waals surface area (Å²) in [5, 5.41) is 8.57. The summed E-state index contributed by atoms with van der Waals surface area (Å²) in [4.78, 5) is 0. The molecular formula is C7H14NO3P. The molecule has 0 saturated heterocycles. The van der Waals surface area contributed by atoms with Gasteiger partial charge in [-0.2, -0.15) is 5.26 Å². The van der Waals surface area contributed by atoms with Crippen molar-refractivity contribution < 1.29 is 13.6 Å². The molecule has 0 aliphatic heterocycles. The summed E-state index contributed by atoms with van der Waals surface area (Å²) >= 11 is 0. The summed E-state index contributed by atoms with van der Waals surface area (Å²) in [6, 6.07) is 1.88. The minimum absolute atomic E-state index is 0.315. The second kappa shape index (κ2) is 4.04. The topological polar surface area (TPSA) is 59.3 Å². The normalized spacial score (nSPS) is 16.6. The molecule has 12 heavy (non-hydrogen) atoms. The molecule has 0 aliphatic carbocycles. The second-order valence-corrected chi connectivity index (χ2v) is 4.89. The molecule has 5 heteroatoms. The molecule has 0 fully saturated rings. The van der Waals surface area contributed by atoms with Crippen molar-refractivity contribution in [2.45, 2.75) is 26.4 Å². The fourth-order valence-corrected chi connectivity index (χ4v) is 2.09. The van der Waals surface area contributed by atoms with E-state index >= 15 is 0 Å². The van der Waals surface area contributed by atoms with Crippen LogP contribution in [0.2, 0.25) is 0 Å². The summed E-state index contributed by atoms with van der Waals surface area (Å²) < 4.78 is 21.2. The molecule has 4 nitrogen and oxygen atoms in total. The van der Waals surface area contributed by atoms with Gasteiger partial charge in [0, 0.05) is 6.66 Å². The zero-order valence-corrected chi connectivity index (χ0v) is 8.72. The van der Waals surface area contributed by atoms with Crippen LogP contribution in [0.1, 0.15) is 20.8 Å². The fraction of sp³-hybridized carbons (Fsp3) is 0.857. The van der Waals surface area contributed by atoms with E-state index in [0.29, 0.717) is 6.61 Å². The Balaban J connectivity index is 4.27. The molecule has 1 unspecified atom stereocenters. The lowest BCUT2D eigenvalue weighted by Crippen LogP contribution is -2.20. The maximum absolute atomic E-state index is 11.4. The molecule has 0 spiro atoms. The van der Waals surface area contributed by atoms with Crippen molar-refractivity contribution >= 4 is 7.60 Å². The van der Waals surface area contributed by atoms with Crippen LogP contribution in [0, 0.1) is 11.3 Å². The number of nitrogens with zero attached hydrogens (tertiary/aromatic N) is 1. The first-order valence-electron chi connectivity index (χ1n) is 3.67. The van der Waals surface area contributed by atoms with Crippen molar-refractivity contribution in [1.82, 2.24) is 0 Å². The molecule has 0 aliphatic rings. The predicted molar refractivity (Wildman–Crippen MR) is 45.9 cm³/mol. The third-order valence-electron chi connectivity index (χ3n) is 1.03. The average molecular weight is 191 g/mol. The first-order valence-corrected chi connectivity index (χ1v) is 5.66. The lowest BCUT2D eigenvalue weighted by molar-refractivity contribution is 0.129. The predicted octanol–water partition coefficient (Wildman–Crippen LogP) is 2.16. The molecule has 0 bridgehead atoms. The minimum Gasteiger partial charge on any atom is -0.309 e. The Morgan fingerprint density at radius 2 is 2.08 bits per heavy atom. The Labute approximate surface area is 73.0 Å². The van der Waals surface area contributed by atoms with Crippen LogP contribution in [0.4, 0.5) is 0 Å². The van der Waals surface area contributed by atoms with Crippen LogP contribution < -0.4 is 0 Å². The molecule has 70 valence electrons. The Kier molecular flexibility index (Phi) is 3.92. The van der Waals surface area contributed by atoms with Crippen LogP contribution in [-0.2, 0) is 13.6 Å². The maximum atomic E-state index is 11.4. The molecule has 0 heterocycles. The molecular weight excluding hydrogens is 177 g/mol. The maximum Gasteiger partial charge on any atom is 0.329 e. The molecule has 1 atom stereocenters. The van der Waals surface area contributed by atoms with Crippen LogP contribution in [0.5, 0.6) is 0 Å². The number of rotatable bonds is 4. The Morgan fingerprint density at radius 1 is 1.58 bits per heavy atom. The Morgan fingerprint density at radius 3 is 2.42 bits per heavy atom. The lowest BCUT2D eigenvalue weighted by Gasteiger charge is -2.21. The summed E-state index contributed by atoms with van der Waals surface area (Å²) in [6.45, 7) is 6.48. The highest BCUT2D eigenvalue weighted by molar-refractivity contribution is 7.53. The van der Waals surface area contributed by atoms with Gasteiger partial charge in [-0.25, -0.2) is 0 Å². The molecule has 0 aromatic rings. The SMILES string of the molecule is CCOP(C)(=O)OC(C)(C)C#N. The second-order valence-electron chi connectivity index (χ2n) is 2.90. The number of hydrogen-bond acceptors (Lipinski definition) is 4.